The maximum absolute atomic E-state index is 13.8. The normalized spacial score (nSPS) is 22.6. The van der Waals surface area contributed by atoms with Gasteiger partial charge in [0.1, 0.15) is 5.69 Å². The summed E-state index contributed by atoms with van der Waals surface area (Å²) in [6.07, 6.45) is 1.12. The molecule has 0 bridgehead atoms. The summed E-state index contributed by atoms with van der Waals surface area (Å²) >= 11 is 1.57. The van der Waals surface area contributed by atoms with Crippen LogP contribution < -0.4 is 10.2 Å². The molecular formula is C29H32N4O3S. The third-order valence-electron chi connectivity index (χ3n) is 7.75. The molecule has 7 nitrogen and oxygen atoms in total. The van der Waals surface area contributed by atoms with Crippen LogP contribution in [0, 0.1) is 25.7 Å². The molecule has 2 aliphatic heterocycles. The zero-order valence-corrected chi connectivity index (χ0v) is 22.1. The van der Waals surface area contributed by atoms with E-state index in [1.54, 1.807) is 11.3 Å². The topological polar surface area (TPSA) is 74.8 Å². The van der Waals surface area contributed by atoms with E-state index in [1.165, 1.54) is 0 Å². The van der Waals surface area contributed by atoms with E-state index in [2.05, 4.69) is 34.3 Å². The van der Waals surface area contributed by atoms with Gasteiger partial charge >= 0.3 is 0 Å². The van der Waals surface area contributed by atoms with Crippen molar-refractivity contribution >= 4 is 28.8 Å². The number of rotatable bonds is 6. The Hall–Kier alpha value is -3.23. The Kier molecular flexibility index (Phi) is 6.46. The van der Waals surface area contributed by atoms with Crippen LogP contribution in [0.25, 0.3) is 10.4 Å². The molecule has 3 aromatic rings. The second-order valence-electron chi connectivity index (χ2n) is 10.3. The van der Waals surface area contributed by atoms with E-state index in [1.807, 2.05) is 48.2 Å². The molecule has 0 spiro atoms. The summed E-state index contributed by atoms with van der Waals surface area (Å²) in [5.74, 6) is 0.846. The Morgan fingerprint density at radius 1 is 1.11 bits per heavy atom. The van der Waals surface area contributed by atoms with Gasteiger partial charge in [-0.3, -0.25) is 9.59 Å². The molecule has 1 unspecified atom stereocenters. The quantitative estimate of drug-likeness (QED) is 0.533. The first-order valence-electron chi connectivity index (χ1n) is 13.0. The molecule has 1 saturated carbocycles. The molecule has 2 aromatic carbocycles. The van der Waals surface area contributed by atoms with Gasteiger partial charge in [0.05, 0.1) is 34.7 Å². The molecule has 1 aliphatic carbocycles. The lowest BCUT2D eigenvalue weighted by atomic mass is 10.1. The minimum absolute atomic E-state index is 0.00985. The average molecular weight is 517 g/mol. The Balaban J connectivity index is 1.19. The molecule has 6 rings (SSSR count). The van der Waals surface area contributed by atoms with Crippen molar-refractivity contribution in [2.24, 2.45) is 11.8 Å². The third kappa shape index (κ3) is 4.76. The number of hydrogen-bond acceptors (Lipinski definition) is 6. The highest BCUT2D eigenvalue weighted by molar-refractivity contribution is 7.15. The SMILES string of the molecule is Cc1cccc(-c2sc(C)nc2C(=O)N2C[C@H]3CC3[C@H]2CNC(=O)c2ccccc2N2CCOCC2)c1. The number of thiazole rings is 1. The van der Waals surface area contributed by atoms with E-state index in [4.69, 9.17) is 4.74 Å². The number of fused-ring (bicyclic) bond motifs is 1. The van der Waals surface area contributed by atoms with Gasteiger partial charge in [-0.05, 0) is 49.8 Å². The van der Waals surface area contributed by atoms with E-state index >= 15 is 0 Å². The van der Waals surface area contributed by atoms with Crippen LogP contribution in [-0.2, 0) is 4.74 Å². The van der Waals surface area contributed by atoms with Crippen LogP contribution in [0.3, 0.4) is 0 Å². The number of aryl methyl sites for hydroxylation is 2. The number of nitrogens with zero attached hydrogens (tertiary/aromatic N) is 3. The van der Waals surface area contributed by atoms with Crippen LogP contribution in [0.2, 0.25) is 0 Å². The lowest BCUT2D eigenvalue weighted by molar-refractivity contribution is 0.0690. The summed E-state index contributed by atoms with van der Waals surface area (Å²) in [4.78, 5) is 36.9. The van der Waals surface area contributed by atoms with Crippen LogP contribution in [0.5, 0.6) is 0 Å². The van der Waals surface area contributed by atoms with Crippen molar-refractivity contribution in [3.8, 4) is 10.4 Å². The molecule has 8 heteroatoms. The number of ether oxygens (including phenoxy) is 1. The highest BCUT2D eigenvalue weighted by atomic mass is 32.1. The first-order chi connectivity index (χ1) is 18.0. The van der Waals surface area contributed by atoms with E-state index in [-0.39, 0.29) is 17.9 Å². The molecule has 0 radical (unpaired) electrons. The first-order valence-corrected chi connectivity index (χ1v) is 13.9. The van der Waals surface area contributed by atoms with Crippen molar-refractivity contribution in [3.63, 3.8) is 0 Å². The molecule has 1 aromatic heterocycles. The predicted octanol–water partition coefficient (Wildman–Crippen LogP) is 4.15. The van der Waals surface area contributed by atoms with E-state index in [0.29, 0.717) is 42.9 Å². The Labute approximate surface area is 221 Å². The third-order valence-corrected chi connectivity index (χ3v) is 8.77. The van der Waals surface area contributed by atoms with Gasteiger partial charge < -0.3 is 19.9 Å². The monoisotopic (exact) mass is 516 g/mol. The lowest BCUT2D eigenvalue weighted by Crippen LogP contribution is -2.46. The van der Waals surface area contributed by atoms with Crippen LogP contribution in [0.15, 0.2) is 48.5 Å². The number of carbonyl (C=O) groups excluding carboxylic acids is 2. The largest absolute Gasteiger partial charge is 0.378 e. The van der Waals surface area contributed by atoms with Crippen molar-refractivity contribution in [1.29, 1.82) is 0 Å². The summed E-state index contributed by atoms with van der Waals surface area (Å²) in [6, 6.07) is 16.0. The number of likely N-dealkylation sites (tertiary alicyclic amines) is 1. The fourth-order valence-electron chi connectivity index (χ4n) is 5.79. The number of carbonyl (C=O) groups is 2. The van der Waals surface area contributed by atoms with E-state index in [0.717, 1.165) is 52.8 Å². The fourth-order valence-corrected chi connectivity index (χ4v) is 6.70. The van der Waals surface area contributed by atoms with Gasteiger partial charge in [0.25, 0.3) is 11.8 Å². The van der Waals surface area contributed by atoms with Gasteiger partial charge in [0, 0.05) is 31.9 Å². The fraction of sp³-hybridized carbons (Fsp3) is 0.414. The van der Waals surface area contributed by atoms with Gasteiger partial charge in [0.2, 0.25) is 0 Å². The van der Waals surface area contributed by atoms with Crippen LogP contribution in [0.1, 0.15) is 37.8 Å². The zero-order valence-electron chi connectivity index (χ0n) is 21.3. The van der Waals surface area contributed by atoms with Crippen molar-refractivity contribution in [2.75, 3.05) is 44.3 Å². The number of hydrogen-bond donors (Lipinski definition) is 1. The predicted molar refractivity (Wildman–Crippen MR) is 145 cm³/mol. The molecule has 2 saturated heterocycles. The number of para-hydroxylation sites is 1. The van der Waals surface area contributed by atoms with Crippen LogP contribution >= 0.6 is 11.3 Å². The molecule has 3 fully saturated rings. The summed E-state index contributed by atoms with van der Waals surface area (Å²) in [6.45, 7) is 8.07. The Morgan fingerprint density at radius 3 is 2.73 bits per heavy atom. The number of piperidine rings is 1. The lowest BCUT2D eigenvalue weighted by Gasteiger charge is -2.31. The number of anilines is 1. The highest BCUT2D eigenvalue weighted by Crippen LogP contribution is 2.50. The summed E-state index contributed by atoms with van der Waals surface area (Å²) in [7, 11) is 0. The Morgan fingerprint density at radius 2 is 1.92 bits per heavy atom. The second-order valence-corrected chi connectivity index (χ2v) is 11.5. The van der Waals surface area contributed by atoms with Crippen molar-refractivity contribution in [1.82, 2.24) is 15.2 Å². The molecule has 192 valence electrons. The second kappa shape index (κ2) is 9.91. The summed E-state index contributed by atoms with van der Waals surface area (Å²) < 4.78 is 5.48. The molecule has 1 N–H and O–H groups in total. The van der Waals surface area contributed by atoms with Crippen molar-refractivity contribution < 1.29 is 14.3 Å². The van der Waals surface area contributed by atoms with Gasteiger partial charge in [-0.2, -0.15) is 0 Å². The standard InChI is InChI=1S/C29H32N4O3S/c1-18-6-5-7-20(14-18)27-26(31-19(2)37-27)29(35)33-17-21-15-23(21)25(33)16-30-28(34)22-8-3-4-9-24(22)32-10-12-36-13-11-32/h3-9,14,21,23,25H,10-13,15-17H2,1-2H3,(H,30,34)/t21-,23?,25-/m1/s1. The number of aromatic nitrogens is 1. The van der Waals surface area contributed by atoms with Gasteiger partial charge in [-0.25, -0.2) is 4.98 Å². The molecule has 3 heterocycles. The summed E-state index contributed by atoms with van der Waals surface area (Å²) in [5.41, 5.74) is 4.32. The maximum Gasteiger partial charge on any atom is 0.274 e. The molecule has 2 amide bonds. The van der Waals surface area contributed by atoms with E-state index in [9.17, 15) is 9.59 Å². The number of amides is 2. The van der Waals surface area contributed by atoms with Crippen LogP contribution in [0.4, 0.5) is 5.69 Å². The molecular weight excluding hydrogens is 484 g/mol. The number of nitrogens with one attached hydrogen (secondary N) is 1. The average Bonchev–Trinajstić information content (AvgIpc) is 3.43. The van der Waals surface area contributed by atoms with Crippen molar-refractivity contribution in [2.45, 2.75) is 26.3 Å². The zero-order chi connectivity index (χ0) is 25.5. The Bertz CT molecular complexity index is 1330. The van der Waals surface area contributed by atoms with Gasteiger partial charge in [0.15, 0.2) is 0 Å². The summed E-state index contributed by atoms with van der Waals surface area (Å²) in [5, 5.41) is 4.05. The smallest absolute Gasteiger partial charge is 0.274 e. The number of morpholine rings is 1. The minimum Gasteiger partial charge on any atom is -0.378 e. The molecule has 3 aliphatic rings. The highest BCUT2D eigenvalue weighted by Gasteiger charge is 2.54. The maximum atomic E-state index is 13.8. The molecule has 37 heavy (non-hydrogen) atoms. The minimum atomic E-state index is -0.0939. The number of benzene rings is 2. The molecule has 3 atom stereocenters. The first kappa shape index (κ1) is 24.1. The van der Waals surface area contributed by atoms with E-state index < -0.39 is 0 Å². The van der Waals surface area contributed by atoms with Gasteiger partial charge in [-0.15, -0.1) is 11.3 Å². The van der Waals surface area contributed by atoms with Crippen molar-refractivity contribution in [3.05, 3.63) is 70.4 Å². The van der Waals surface area contributed by atoms with Crippen LogP contribution in [-0.4, -0.2) is 67.1 Å². The van der Waals surface area contributed by atoms with Gasteiger partial charge in [-0.1, -0.05) is 42.0 Å².